The Hall–Kier alpha value is -2.81. The number of carbonyl (C=O) groups excluding carboxylic acids is 1. The molecule has 5 heterocycles. The molecule has 6 nitrogen and oxygen atoms in total. The van der Waals surface area contributed by atoms with Crippen LogP contribution in [0.15, 0.2) is 47.3 Å². The lowest BCUT2D eigenvalue weighted by Crippen LogP contribution is -2.34. The number of aromatic nitrogens is 3. The van der Waals surface area contributed by atoms with Gasteiger partial charge in [-0.15, -0.1) is 22.7 Å². The van der Waals surface area contributed by atoms with Crippen LogP contribution in [-0.2, 0) is 11.2 Å². The average molecular weight is 465 g/mol. The predicted octanol–water partition coefficient (Wildman–Crippen LogP) is 5.46. The lowest BCUT2D eigenvalue weighted by atomic mass is 10.2. The van der Waals surface area contributed by atoms with Crippen molar-refractivity contribution in [2.24, 2.45) is 0 Å². The van der Waals surface area contributed by atoms with E-state index >= 15 is 0 Å². The summed E-state index contributed by atoms with van der Waals surface area (Å²) in [4.78, 5) is 22.4. The standard InChI is InChI=1S/C24H24N4O2S2/c1-3-17-12-16(8-9-25-17)24-26-19(14-32-24)20-13-18(23(29)27-21-6-4-10-30-21)15(2)28(20)22-7-5-11-31-22/h5,7-9,11-14,21H,3-4,6,10H2,1-2H3,(H,27,29). The Kier molecular flexibility index (Phi) is 5.91. The summed E-state index contributed by atoms with van der Waals surface area (Å²) in [6.07, 6.45) is 4.34. The summed E-state index contributed by atoms with van der Waals surface area (Å²) in [5.41, 5.74) is 5.42. The number of pyridine rings is 1. The molecule has 1 N–H and O–H groups in total. The second-order valence-electron chi connectivity index (χ2n) is 7.72. The maximum Gasteiger partial charge on any atom is 0.255 e. The van der Waals surface area contributed by atoms with Crippen molar-refractivity contribution in [2.45, 2.75) is 39.3 Å². The highest BCUT2D eigenvalue weighted by atomic mass is 32.1. The fourth-order valence-electron chi connectivity index (χ4n) is 3.95. The number of aryl methyl sites for hydroxylation is 1. The Morgan fingerprint density at radius 2 is 2.22 bits per heavy atom. The lowest BCUT2D eigenvalue weighted by Gasteiger charge is -2.12. The Morgan fingerprint density at radius 1 is 1.31 bits per heavy atom. The van der Waals surface area contributed by atoms with E-state index < -0.39 is 0 Å². The van der Waals surface area contributed by atoms with Crippen molar-refractivity contribution in [1.29, 1.82) is 0 Å². The van der Waals surface area contributed by atoms with Crippen LogP contribution < -0.4 is 5.32 Å². The van der Waals surface area contributed by atoms with Gasteiger partial charge in [0.05, 0.1) is 22.0 Å². The molecule has 0 aromatic carbocycles. The molecule has 1 saturated heterocycles. The van der Waals surface area contributed by atoms with E-state index in [2.05, 4.69) is 39.3 Å². The van der Waals surface area contributed by atoms with Gasteiger partial charge in [-0.2, -0.15) is 0 Å². The van der Waals surface area contributed by atoms with Crippen LogP contribution in [0.2, 0.25) is 0 Å². The van der Waals surface area contributed by atoms with Crippen molar-refractivity contribution >= 4 is 28.6 Å². The Labute approximate surface area is 194 Å². The van der Waals surface area contributed by atoms with Crippen LogP contribution >= 0.6 is 22.7 Å². The molecule has 0 spiro atoms. The second kappa shape index (κ2) is 8.97. The van der Waals surface area contributed by atoms with E-state index in [9.17, 15) is 4.79 Å². The monoisotopic (exact) mass is 464 g/mol. The first-order valence-electron chi connectivity index (χ1n) is 10.7. The lowest BCUT2D eigenvalue weighted by molar-refractivity contribution is 0.0639. The molecule has 1 aliphatic heterocycles. The van der Waals surface area contributed by atoms with Crippen molar-refractivity contribution in [2.75, 3.05) is 6.61 Å². The molecule has 164 valence electrons. The van der Waals surface area contributed by atoms with E-state index in [0.717, 1.165) is 57.6 Å². The number of amides is 1. The SMILES string of the molecule is CCc1cc(-c2nc(-c3cc(C(=O)NC4CCCO4)c(C)n3-c3cccs3)cs2)ccn1. The molecule has 0 radical (unpaired) electrons. The highest BCUT2D eigenvalue weighted by molar-refractivity contribution is 7.13. The summed E-state index contributed by atoms with van der Waals surface area (Å²) in [6.45, 7) is 4.78. The maximum absolute atomic E-state index is 13.1. The third-order valence-corrected chi connectivity index (χ3v) is 7.38. The van der Waals surface area contributed by atoms with Crippen molar-refractivity contribution < 1.29 is 9.53 Å². The van der Waals surface area contributed by atoms with Crippen LogP contribution in [0.4, 0.5) is 0 Å². The molecule has 5 rings (SSSR count). The summed E-state index contributed by atoms with van der Waals surface area (Å²) >= 11 is 3.24. The smallest absolute Gasteiger partial charge is 0.255 e. The minimum atomic E-state index is -0.208. The van der Waals surface area contributed by atoms with Crippen LogP contribution in [0.5, 0.6) is 0 Å². The third kappa shape index (κ3) is 4.01. The largest absolute Gasteiger partial charge is 0.359 e. The van der Waals surface area contributed by atoms with Gasteiger partial charge in [-0.3, -0.25) is 9.78 Å². The highest BCUT2D eigenvalue weighted by Gasteiger charge is 2.24. The molecule has 4 aromatic heterocycles. The molecule has 0 saturated carbocycles. The first-order valence-corrected chi connectivity index (χ1v) is 12.5. The number of thiophene rings is 1. The van der Waals surface area contributed by atoms with Gasteiger partial charge in [-0.1, -0.05) is 6.92 Å². The number of carbonyl (C=O) groups is 1. The molecule has 1 unspecified atom stereocenters. The van der Waals surface area contributed by atoms with Crippen molar-refractivity contribution in [3.63, 3.8) is 0 Å². The minimum absolute atomic E-state index is 0.108. The Morgan fingerprint density at radius 3 is 2.97 bits per heavy atom. The van der Waals surface area contributed by atoms with Gasteiger partial charge in [0.25, 0.3) is 5.91 Å². The molecule has 0 aliphatic carbocycles. The van der Waals surface area contributed by atoms with Crippen molar-refractivity contribution in [3.05, 3.63) is 64.2 Å². The maximum atomic E-state index is 13.1. The van der Waals surface area contributed by atoms with Crippen LogP contribution in [0.25, 0.3) is 27.0 Å². The van der Waals surface area contributed by atoms with E-state index in [0.29, 0.717) is 12.2 Å². The topological polar surface area (TPSA) is 69.0 Å². The van der Waals surface area contributed by atoms with Gasteiger partial charge >= 0.3 is 0 Å². The molecule has 1 atom stereocenters. The average Bonchev–Trinajstić information content (AvgIpc) is 3.59. The molecule has 8 heteroatoms. The Balaban J connectivity index is 1.54. The number of hydrogen-bond donors (Lipinski definition) is 1. The fourth-order valence-corrected chi connectivity index (χ4v) is 5.56. The quantitative estimate of drug-likeness (QED) is 0.411. The molecular weight excluding hydrogens is 440 g/mol. The van der Waals surface area contributed by atoms with Gasteiger partial charge in [0.2, 0.25) is 0 Å². The second-order valence-corrected chi connectivity index (χ2v) is 9.50. The first-order chi connectivity index (χ1) is 15.6. The van der Waals surface area contributed by atoms with Gasteiger partial charge in [0.1, 0.15) is 11.2 Å². The van der Waals surface area contributed by atoms with Crippen LogP contribution in [0.1, 0.15) is 41.5 Å². The molecule has 0 bridgehead atoms. The number of nitrogens with one attached hydrogen (secondary N) is 1. The minimum Gasteiger partial charge on any atom is -0.359 e. The van der Waals surface area contributed by atoms with Crippen molar-refractivity contribution in [3.8, 4) is 27.0 Å². The predicted molar refractivity (Wildman–Crippen MR) is 129 cm³/mol. The van der Waals surface area contributed by atoms with Crippen LogP contribution in [-0.4, -0.2) is 33.3 Å². The van der Waals surface area contributed by atoms with E-state index in [4.69, 9.17) is 9.72 Å². The molecule has 32 heavy (non-hydrogen) atoms. The first kappa shape index (κ1) is 21.1. The zero-order valence-corrected chi connectivity index (χ0v) is 19.6. The van der Waals surface area contributed by atoms with Crippen LogP contribution in [0, 0.1) is 6.92 Å². The third-order valence-electron chi connectivity index (χ3n) is 5.63. The molecule has 4 aromatic rings. The fraction of sp³-hybridized carbons (Fsp3) is 0.292. The zero-order chi connectivity index (χ0) is 22.1. The highest BCUT2D eigenvalue weighted by Crippen LogP contribution is 2.34. The Bertz CT molecular complexity index is 1240. The van der Waals surface area contributed by atoms with Gasteiger partial charge < -0.3 is 14.6 Å². The summed E-state index contributed by atoms with van der Waals surface area (Å²) < 4.78 is 7.72. The molecule has 1 amide bonds. The number of nitrogens with zero attached hydrogens (tertiary/aromatic N) is 3. The van der Waals surface area contributed by atoms with Gasteiger partial charge in [-0.05, 0) is 61.9 Å². The normalized spacial score (nSPS) is 15.9. The number of thiazole rings is 1. The number of hydrogen-bond acceptors (Lipinski definition) is 6. The molecule has 1 fully saturated rings. The van der Waals surface area contributed by atoms with E-state index in [1.165, 1.54) is 0 Å². The summed E-state index contributed by atoms with van der Waals surface area (Å²) in [6, 6.07) is 10.1. The summed E-state index contributed by atoms with van der Waals surface area (Å²) in [5, 5.41) is 9.12. The molecule has 1 aliphatic rings. The summed E-state index contributed by atoms with van der Waals surface area (Å²) in [7, 11) is 0. The van der Waals surface area contributed by atoms with E-state index in [-0.39, 0.29) is 12.1 Å². The number of ether oxygens (including phenoxy) is 1. The van der Waals surface area contributed by atoms with Gasteiger partial charge in [0.15, 0.2) is 0 Å². The van der Waals surface area contributed by atoms with E-state index in [1.807, 2.05) is 36.7 Å². The van der Waals surface area contributed by atoms with Crippen molar-refractivity contribution in [1.82, 2.24) is 19.9 Å². The zero-order valence-electron chi connectivity index (χ0n) is 18.0. The molecular formula is C24H24N4O2S2. The van der Waals surface area contributed by atoms with Gasteiger partial charge in [-0.25, -0.2) is 4.98 Å². The summed E-state index contributed by atoms with van der Waals surface area (Å²) in [5.74, 6) is -0.108. The van der Waals surface area contributed by atoms with E-state index in [1.54, 1.807) is 22.7 Å². The number of rotatable bonds is 6. The van der Waals surface area contributed by atoms with Gasteiger partial charge in [0, 0.05) is 35.1 Å². The van der Waals surface area contributed by atoms with Crippen LogP contribution in [0.3, 0.4) is 0 Å².